The Kier molecular flexibility index (Phi) is 6.20. The Bertz CT molecular complexity index is 1140. The van der Waals surface area contributed by atoms with Crippen molar-refractivity contribution >= 4 is 11.7 Å². The molecule has 0 unspecified atom stereocenters. The third kappa shape index (κ3) is 5.62. The molecule has 8 nitrogen and oxygen atoms in total. The Balaban J connectivity index is 1.47. The van der Waals surface area contributed by atoms with E-state index in [4.69, 9.17) is 15.2 Å². The van der Waals surface area contributed by atoms with Gasteiger partial charge in [0.05, 0.1) is 18.7 Å². The van der Waals surface area contributed by atoms with Crippen LogP contribution in [0.5, 0.6) is 17.5 Å². The molecule has 0 fully saturated rings. The summed E-state index contributed by atoms with van der Waals surface area (Å²) in [6.07, 6.45) is -3.29. The van der Waals surface area contributed by atoms with Gasteiger partial charge >= 0.3 is 12.4 Å². The lowest BCUT2D eigenvalue weighted by Crippen LogP contribution is -2.35. The molecule has 1 aliphatic heterocycles. The average molecular weight is 460 g/mol. The molecule has 0 radical (unpaired) electrons. The summed E-state index contributed by atoms with van der Waals surface area (Å²) in [6.45, 7) is 1.09. The van der Waals surface area contributed by atoms with E-state index in [1.165, 1.54) is 36.5 Å². The van der Waals surface area contributed by atoms with E-state index in [1.54, 1.807) is 23.1 Å². The van der Waals surface area contributed by atoms with Crippen molar-refractivity contribution in [3.63, 3.8) is 0 Å². The predicted octanol–water partition coefficient (Wildman–Crippen LogP) is 3.54. The molecular weight excluding hydrogens is 441 g/mol. The highest BCUT2D eigenvalue weighted by molar-refractivity contribution is 5.98. The Morgan fingerprint density at radius 1 is 1.09 bits per heavy atom. The third-order valence-electron chi connectivity index (χ3n) is 4.78. The van der Waals surface area contributed by atoms with Gasteiger partial charge in [0, 0.05) is 6.20 Å². The van der Waals surface area contributed by atoms with Crippen molar-refractivity contribution in [3.05, 3.63) is 60.3 Å². The van der Waals surface area contributed by atoms with Crippen LogP contribution in [0.4, 0.5) is 19.0 Å². The van der Waals surface area contributed by atoms with E-state index >= 15 is 0 Å². The Morgan fingerprint density at radius 2 is 1.85 bits per heavy atom. The van der Waals surface area contributed by atoms with Crippen LogP contribution in [-0.4, -0.2) is 53.4 Å². The maximum Gasteiger partial charge on any atom is 0.573 e. The van der Waals surface area contributed by atoms with E-state index in [2.05, 4.69) is 14.7 Å². The van der Waals surface area contributed by atoms with Crippen LogP contribution in [0.25, 0.3) is 11.1 Å². The number of hydrogen-bond donors (Lipinski definition) is 1. The lowest BCUT2D eigenvalue weighted by molar-refractivity contribution is -0.274. The largest absolute Gasteiger partial charge is 0.573 e. The van der Waals surface area contributed by atoms with Crippen LogP contribution in [0, 0.1) is 0 Å². The molecule has 0 saturated carbocycles. The minimum Gasteiger partial charge on any atom is -0.491 e. The summed E-state index contributed by atoms with van der Waals surface area (Å²) in [5.74, 6) is 0.135. The first-order chi connectivity index (χ1) is 15.8. The second kappa shape index (κ2) is 9.23. The number of benzene rings is 2. The maximum absolute atomic E-state index is 13.1. The SMILES string of the molecule is Nc1ccnc(OCCN2CCOc3ccc(-c4ccc(OC(F)(F)F)cc4)cc3C2=O)n1. The van der Waals surface area contributed by atoms with Crippen LogP contribution in [0.3, 0.4) is 0 Å². The summed E-state index contributed by atoms with van der Waals surface area (Å²) in [6, 6.07) is 12.1. The number of rotatable bonds is 6. The monoisotopic (exact) mass is 460 g/mol. The number of nitrogens with zero attached hydrogens (tertiary/aromatic N) is 3. The molecule has 0 aliphatic carbocycles. The molecule has 2 heterocycles. The summed E-state index contributed by atoms with van der Waals surface area (Å²) in [5, 5.41) is 0. The first kappa shape index (κ1) is 22.2. The summed E-state index contributed by atoms with van der Waals surface area (Å²) in [5.41, 5.74) is 7.22. The smallest absolute Gasteiger partial charge is 0.491 e. The van der Waals surface area contributed by atoms with Crippen molar-refractivity contribution in [2.45, 2.75) is 6.36 Å². The van der Waals surface area contributed by atoms with Crippen LogP contribution >= 0.6 is 0 Å². The van der Waals surface area contributed by atoms with Crippen molar-refractivity contribution in [3.8, 4) is 28.6 Å². The fourth-order valence-corrected chi connectivity index (χ4v) is 3.27. The average Bonchev–Trinajstić information content (AvgIpc) is 2.92. The summed E-state index contributed by atoms with van der Waals surface area (Å²) in [4.78, 5) is 22.6. The van der Waals surface area contributed by atoms with Gasteiger partial charge in [0.1, 0.15) is 30.5 Å². The molecule has 2 N–H and O–H groups in total. The molecule has 0 bridgehead atoms. The molecule has 11 heteroatoms. The van der Waals surface area contributed by atoms with E-state index < -0.39 is 6.36 Å². The molecule has 172 valence electrons. The number of ether oxygens (including phenoxy) is 3. The number of carbonyl (C=O) groups excluding carboxylic acids is 1. The minimum atomic E-state index is -4.76. The molecule has 33 heavy (non-hydrogen) atoms. The zero-order valence-electron chi connectivity index (χ0n) is 17.2. The van der Waals surface area contributed by atoms with Crippen molar-refractivity contribution in [1.29, 1.82) is 0 Å². The highest BCUT2D eigenvalue weighted by Crippen LogP contribution is 2.31. The number of aromatic nitrogens is 2. The molecule has 2 aromatic carbocycles. The van der Waals surface area contributed by atoms with Crippen LogP contribution in [0.1, 0.15) is 10.4 Å². The number of hydrogen-bond acceptors (Lipinski definition) is 7. The second-order valence-corrected chi connectivity index (χ2v) is 7.04. The Hall–Kier alpha value is -4.02. The molecule has 1 amide bonds. The van der Waals surface area contributed by atoms with Gasteiger partial charge < -0.3 is 24.8 Å². The number of nitrogen functional groups attached to an aromatic ring is 1. The highest BCUT2D eigenvalue weighted by Gasteiger charge is 2.31. The number of alkyl halides is 3. The van der Waals surface area contributed by atoms with Crippen LogP contribution in [0.2, 0.25) is 0 Å². The number of carbonyl (C=O) groups is 1. The molecule has 3 aromatic rings. The molecule has 1 aliphatic rings. The van der Waals surface area contributed by atoms with Gasteiger partial charge in [-0.3, -0.25) is 4.79 Å². The van der Waals surface area contributed by atoms with Crippen LogP contribution in [0.15, 0.2) is 54.7 Å². The van der Waals surface area contributed by atoms with Gasteiger partial charge in [-0.2, -0.15) is 4.98 Å². The van der Waals surface area contributed by atoms with Crippen molar-refractivity contribution in [2.24, 2.45) is 0 Å². The van der Waals surface area contributed by atoms with Gasteiger partial charge in [0.25, 0.3) is 5.91 Å². The Morgan fingerprint density at radius 3 is 2.58 bits per heavy atom. The highest BCUT2D eigenvalue weighted by atomic mass is 19.4. The number of fused-ring (bicyclic) bond motifs is 1. The van der Waals surface area contributed by atoms with Gasteiger partial charge in [-0.1, -0.05) is 18.2 Å². The lowest BCUT2D eigenvalue weighted by atomic mass is 10.0. The van der Waals surface area contributed by atoms with Crippen LogP contribution < -0.4 is 19.9 Å². The summed E-state index contributed by atoms with van der Waals surface area (Å²) >= 11 is 0. The van der Waals surface area contributed by atoms with Crippen LogP contribution in [-0.2, 0) is 0 Å². The van der Waals surface area contributed by atoms with Gasteiger partial charge in [-0.05, 0) is 41.5 Å². The standard InChI is InChI=1S/C22H19F3N4O4/c23-22(24,25)33-16-4-1-14(2-5-16)15-3-6-18-17(13-15)20(30)29(9-11-31-18)10-12-32-21-27-8-7-19(26)28-21/h1-8,13H,9-12H2,(H2,26,27,28). The van der Waals surface area contributed by atoms with E-state index in [0.29, 0.717) is 35.6 Å². The van der Waals surface area contributed by atoms with E-state index in [-0.39, 0.29) is 36.6 Å². The Labute approximate surface area is 186 Å². The molecule has 1 aromatic heterocycles. The molecular formula is C22H19F3N4O4. The van der Waals surface area contributed by atoms with E-state index in [1.807, 2.05) is 0 Å². The van der Waals surface area contributed by atoms with Gasteiger partial charge in [0.2, 0.25) is 0 Å². The lowest BCUT2D eigenvalue weighted by Gasteiger charge is -2.19. The van der Waals surface area contributed by atoms with Crippen molar-refractivity contribution in [1.82, 2.24) is 14.9 Å². The van der Waals surface area contributed by atoms with Gasteiger partial charge in [-0.15, -0.1) is 13.2 Å². The minimum absolute atomic E-state index is 0.120. The summed E-state index contributed by atoms with van der Waals surface area (Å²) in [7, 11) is 0. The normalized spacial score (nSPS) is 13.7. The van der Waals surface area contributed by atoms with Crippen molar-refractivity contribution < 1.29 is 32.2 Å². The molecule has 0 atom stereocenters. The topological polar surface area (TPSA) is 99.8 Å². The number of anilines is 1. The van der Waals surface area contributed by atoms with Crippen molar-refractivity contribution in [2.75, 3.05) is 32.0 Å². The maximum atomic E-state index is 13.1. The molecule has 4 rings (SSSR count). The second-order valence-electron chi connectivity index (χ2n) is 7.04. The number of nitrogens with two attached hydrogens (primary N) is 1. The fraction of sp³-hybridized carbons (Fsp3) is 0.227. The third-order valence-corrected chi connectivity index (χ3v) is 4.78. The summed E-state index contributed by atoms with van der Waals surface area (Å²) < 4.78 is 52.2. The van der Waals surface area contributed by atoms with Gasteiger partial charge in [0.15, 0.2) is 0 Å². The van der Waals surface area contributed by atoms with E-state index in [0.717, 1.165) is 0 Å². The zero-order chi connectivity index (χ0) is 23.4. The van der Waals surface area contributed by atoms with E-state index in [9.17, 15) is 18.0 Å². The molecule has 0 spiro atoms. The first-order valence-electron chi connectivity index (χ1n) is 9.92. The number of amides is 1. The predicted molar refractivity (Wildman–Crippen MR) is 112 cm³/mol. The first-order valence-corrected chi connectivity index (χ1v) is 9.92. The van der Waals surface area contributed by atoms with Gasteiger partial charge in [-0.25, -0.2) is 4.98 Å². The zero-order valence-corrected chi connectivity index (χ0v) is 17.2. The molecule has 0 saturated heterocycles. The quantitative estimate of drug-likeness (QED) is 0.601. The fourth-order valence-electron chi connectivity index (χ4n) is 3.27. The number of halogens is 3.